The predicted octanol–water partition coefficient (Wildman–Crippen LogP) is 3.27. The van der Waals surface area contributed by atoms with E-state index in [1.54, 1.807) is 35.6 Å². The number of anilines is 1. The van der Waals surface area contributed by atoms with Crippen molar-refractivity contribution in [2.24, 2.45) is 0 Å². The maximum Gasteiger partial charge on any atom is 0.254 e. The third kappa shape index (κ3) is 3.06. The first-order valence-electron chi connectivity index (χ1n) is 8.51. The van der Waals surface area contributed by atoms with Gasteiger partial charge in [-0.1, -0.05) is 6.07 Å². The molecule has 2 saturated heterocycles. The number of carbonyl (C=O) groups excluding carboxylic acids is 1. The standard InChI is InChI=1S/C18H20N2O3S2/c21-18(19-10-1-4-16(19)17-5-2-12-24-17)14-6-8-15(9-7-14)20-11-3-13-25(20,22)23/h2,5-9,12,16H,1,3-4,10-11,13H2/t16-/m0/s1. The van der Waals surface area contributed by atoms with Crippen molar-refractivity contribution in [3.63, 3.8) is 0 Å². The van der Waals surface area contributed by atoms with Crippen LogP contribution in [0.4, 0.5) is 5.69 Å². The first kappa shape index (κ1) is 16.6. The number of likely N-dealkylation sites (tertiary alicyclic amines) is 1. The topological polar surface area (TPSA) is 57.7 Å². The maximum absolute atomic E-state index is 12.9. The molecule has 2 aromatic rings. The molecule has 132 valence electrons. The van der Waals surface area contributed by atoms with Gasteiger partial charge in [-0.05, 0) is 55.0 Å². The Kier molecular flexibility index (Phi) is 4.29. The molecule has 4 rings (SSSR count). The molecule has 25 heavy (non-hydrogen) atoms. The fourth-order valence-electron chi connectivity index (χ4n) is 3.65. The van der Waals surface area contributed by atoms with Crippen LogP contribution in [0, 0.1) is 0 Å². The van der Waals surface area contributed by atoms with E-state index in [0.717, 1.165) is 19.4 Å². The number of hydrogen-bond donors (Lipinski definition) is 0. The van der Waals surface area contributed by atoms with Gasteiger partial charge in [0.25, 0.3) is 5.91 Å². The van der Waals surface area contributed by atoms with E-state index in [-0.39, 0.29) is 17.7 Å². The molecule has 0 unspecified atom stereocenters. The van der Waals surface area contributed by atoms with Gasteiger partial charge in [-0.15, -0.1) is 11.3 Å². The van der Waals surface area contributed by atoms with E-state index in [1.165, 1.54) is 9.18 Å². The molecule has 7 heteroatoms. The molecule has 1 aromatic heterocycles. The zero-order valence-corrected chi connectivity index (χ0v) is 15.4. The van der Waals surface area contributed by atoms with Gasteiger partial charge >= 0.3 is 0 Å². The highest BCUT2D eigenvalue weighted by atomic mass is 32.2. The molecular weight excluding hydrogens is 356 g/mol. The van der Waals surface area contributed by atoms with Crippen LogP contribution in [-0.2, 0) is 10.0 Å². The highest BCUT2D eigenvalue weighted by Crippen LogP contribution is 2.35. The molecule has 1 amide bonds. The Morgan fingerprint density at radius 1 is 1.08 bits per heavy atom. The molecule has 0 bridgehead atoms. The summed E-state index contributed by atoms with van der Waals surface area (Å²) in [5.74, 6) is 0.218. The zero-order valence-electron chi connectivity index (χ0n) is 13.8. The summed E-state index contributed by atoms with van der Waals surface area (Å²) in [6.45, 7) is 1.28. The molecule has 0 N–H and O–H groups in total. The SMILES string of the molecule is O=C(c1ccc(N2CCCS2(=O)=O)cc1)N1CCC[C@H]1c1cccs1. The van der Waals surface area contributed by atoms with Crippen LogP contribution >= 0.6 is 11.3 Å². The van der Waals surface area contributed by atoms with Gasteiger partial charge in [0, 0.05) is 23.5 Å². The van der Waals surface area contributed by atoms with Crippen LogP contribution < -0.4 is 4.31 Å². The van der Waals surface area contributed by atoms with Gasteiger partial charge in [0.15, 0.2) is 0 Å². The lowest BCUT2D eigenvalue weighted by Gasteiger charge is -2.24. The molecule has 2 fully saturated rings. The second-order valence-electron chi connectivity index (χ2n) is 6.46. The van der Waals surface area contributed by atoms with E-state index in [2.05, 4.69) is 6.07 Å². The Balaban J connectivity index is 1.55. The number of thiophene rings is 1. The van der Waals surface area contributed by atoms with E-state index < -0.39 is 10.0 Å². The molecule has 2 aliphatic heterocycles. The van der Waals surface area contributed by atoms with Gasteiger partial charge in [0.1, 0.15) is 0 Å². The first-order valence-corrected chi connectivity index (χ1v) is 11.0. The summed E-state index contributed by atoms with van der Waals surface area (Å²) >= 11 is 1.69. The summed E-state index contributed by atoms with van der Waals surface area (Å²) < 4.78 is 25.5. The van der Waals surface area contributed by atoms with Gasteiger partial charge in [-0.25, -0.2) is 8.42 Å². The minimum Gasteiger partial charge on any atom is -0.331 e. The lowest BCUT2D eigenvalue weighted by Crippen LogP contribution is -2.30. The van der Waals surface area contributed by atoms with E-state index in [9.17, 15) is 13.2 Å². The molecular formula is C18H20N2O3S2. The minimum absolute atomic E-state index is 0.0201. The van der Waals surface area contributed by atoms with Gasteiger partial charge in [-0.2, -0.15) is 0 Å². The van der Waals surface area contributed by atoms with Gasteiger partial charge in [0.05, 0.1) is 17.5 Å². The molecule has 1 atom stereocenters. The van der Waals surface area contributed by atoms with Crippen molar-refractivity contribution in [1.82, 2.24) is 4.90 Å². The van der Waals surface area contributed by atoms with Crippen LogP contribution in [0.15, 0.2) is 41.8 Å². The fraction of sp³-hybridized carbons (Fsp3) is 0.389. The minimum atomic E-state index is -3.19. The van der Waals surface area contributed by atoms with Crippen LogP contribution in [-0.4, -0.2) is 38.1 Å². The lowest BCUT2D eigenvalue weighted by molar-refractivity contribution is 0.0738. The monoisotopic (exact) mass is 376 g/mol. The van der Waals surface area contributed by atoms with E-state index in [1.807, 2.05) is 16.3 Å². The van der Waals surface area contributed by atoms with Crippen LogP contribution in [0.2, 0.25) is 0 Å². The van der Waals surface area contributed by atoms with Crippen molar-refractivity contribution in [2.75, 3.05) is 23.1 Å². The average Bonchev–Trinajstić information content (AvgIpc) is 3.34. The number of amides is 1. The van der Waals surface area contributed by atoms with Crippen LogP contribution in [0.3, 0.4) is 0 Å². The molecule has 2 aliphatic rings. The Morgan fingerprint density at radius 2 is 1.88 bits per heavy atom. The molecule has 0 saturated carbocycles. The number of rotatable bonds is 3. The average molecular weight is 377 g/mol. The lowest BCUT2D eigenvalue weighted by atomic mass is 10.1. The van der Waals surface area contributed by atoms with Crippen molar-refractivity contribution >= 4 is 33.0 Å². The van der Waals surface area contributed by atoms with Crippen LogP contribution in [0.25, 0.3) is 0 Å². The number of nitrogens with zero attached hydrogens (tertiary/aromatic N) is 2. The van der Waals surface area contributed by atoms with Crippen LogP contribution in [0.5, 0.6) is 0 Å². The molecule has 0 aliphatic carbocycles. The molecule has 0 spiro atoms. The van der Waals surface area contributed by atoms with Gasteiger partial charge in [0.2, 0.25) is 10.0 Å². The molecule has 3 heterocycles. The van der Waals surface area contributed by atoms with E-state index in [4.69, 9.17) is 0 Å². The fourth-order valence-corrected chi connectivity index (χ4v) is 6.09. The van der Waals surface area contributed by atoms with Crippen molar-refractivity contribution in [2.45, 2.75) is 25.3 Å². The van der Waals surface area contributed by atoms with Gasteiger partial charge < -0.3 is 4.90 Å². The second kappa shape index (κ2) is 6.46. The maximum atomic E-state index is 12.9. The van der Waals surface area contributed by atoms with Crippen molar-refractivity contribution in [3.05, 3.63) is 52.2 Å². The second-order valence-corrected chi connectivity index (χ2v) is 9.45. The highest BCUT2D eigenvalue weighted by molar-refractivity contribution is 7.93. The summed E-state index contributed by atoms with van der Waals surface area (Å²) in [6.07, 6.45) is 2.66. The number of carbonyl (C=O) groups is 1. The van der Waals surface area contributed by atoms with E-state index in [0.29, 0.717) is 24.2 Å². The largest absolute Gasteiger partial charge is 0.331 e. The van der Waals surface area contributed by atoms with Crippen molar-refractivity contribution < 1.29 is 13.2 Å². The van der Waals surface area contributed by atoms with E-state index >= 15 is 0 Å². The summed E-state index contributed by atoms with van der Waals surface area (Å²) in [7, 11) is -3.19. The highest BCUT2D eigenvalue weighted by Gasteiger charge is 2.32. The third-order valence-electron chi connectivity index (χ3n) is 4.89. The molecule has 0 radical (unpaired) electrons. The summed E-state index contributed by atoms with van der Waals surface area (Å²) in [5.41, 5.74) is 1.26. The summed E-state index contributed by atoms with van der Waals surface area (Å²) in [6, 6.07) is 11.2. The Hall–Kier alpha value is -1.86. The molecule has 1 aromatic carbocycles. The Bertz CT molecular complexity index is 860. The zero-order chi connectivity index (χ0) is 17.4. The van der Waals surface area contributed by atoms with Gasteiger partial charge in [-0.3, -0.25) is 9.10 Å². The normalized spacial score (nSPS) is 22.5. The number of benzene rings is 1. The first-order chi connectivity index (χ1) is 12.1. The Labute approximate surface area is 151 Å². The van der Waals surface area contributed by atoms with Crippen molar-refractivity contribution in [1.29, 1.82) is 0 Å². The number of sulfonamides is 1. The smallest absolute Gasteiger partial charge is 0.254 e. The molecule has 5 nitrogen and oxygen atoms in total. The Morgan fingerprint density at radius 3 is 2.52 bits per heavy atom. The van der Waals surface area contributed by atoms with Crippen LogP contribution in [0.1, 0.15) is 40.5 Å². The predicted molar refractivity (Wildman–Crippen MR) is 99.5 cm³/mol. The van der Waals surface area contributed by atoms with Crippen molar-refractivity contribution in [3.8, 4) is 0 Å². The third-order valence-corrected chi connectivity index (χ3v) is 7.73. The summed E-state index contributed by atoms with van der Waals surface area (Å²) in [4.78, 5) is 16.1. The summed E-state index contributed by atoms with van der Waals surface area (Å²) in [5, 5.41) is 2.04. The number of hydrogen-bond acceptors (Lipinski definition) is 4. The quantitative estimate of drug-likeness (QED) is 0.826.